The summed E-state index contributed by atoms with van der Waals surface area (Å²) in [5.74, 6) is 1.07. The molecule has 1 aromatic heterocycles. The van der Waals surface area contributed by atoms with Crippen molar-refractivity contribution < 1.29 is 14.3 Å². The van der Waals surface area contributed by atoms with E-state index in [0.717, 1.165) is 16.7 Å². The molecule has 0 bridgehead atoms. The molecule has 43 heavy (non-hydrogen) atoms. The van der Waals surface area contributed by atoms with Crippen LogP contribution in [-0.2, 0) is 11.4 Å². The van der Waals surface area contributed by atoms with Gasteiger partial charge in [0.15, 0.2) is 4.80 Å². The average molecular weight is 588 g/mol. The molecule has 6 rings (SSSR count). The monoisotopic (exact) mass is 587 g/mol. The number of para-hydroxylation sites is 1. The summed E-state index contributed by atoms with van der Waals surface area (Å²) in [6.07, 6.45) is 1.84. The van der Waals surface area contributed by atoms with Crippen molar-refractivity contribution in [2.75, 3.05) is 12.4 Å². The SMILES string of the molecule is COc1ccc([C@@H]2C(C(=O)Nc3ccccc3)=C(C)N=c3s/c(=C/c4cccc(OCc5ccccc5)c4)c(=O)n32)cc1. The number of aromatic nitrogens is 1. The summed E-state index contributed by atoms with van der Waals surface area (Å²) >= 11 is 1.30. The van der Waals surface area contributed by atoms with Crippen LogP contribution in [0.1, 0.15) is 29.7 Å². The lowest BCUT2D eigenvalue weighted by atomic mass is 9.95. The van der Waals surface area contributed by atoms with Gasteiger partial charge in [0.25, 0.3) is 11.5 Å². The van der Waals surface area contributed by atoms with E-state index in [9.17, 15) is 9.59 Å². The van der Waals surface area contributed by atoms with E-state index in [1.54, 1.807) is 18.6 Å². The lowest BCUT2D eigenvalue weighted by molar-refractivity contribution is -0.113. The summed E-state index contributed by atoms with van der Waals surface area (Å²) in [6, 6.07) is 33.6. The van der Waals surface area contributed by atoms with Crippen LogP contribution in [0, 0.1) is 0 Å². The fraction of sp³-hybridized carbons (Fsp3) is 0.114. The van der Waals surface area contributed by atoms with Crippen LogP contribution < -0.4 is 29.7 Å². The number of fused-ring (bicyclic) bond motifs is 1. The topological polar surface area (TPSA) is 81.9 Å². The van der Waals surface area contributed by atoms with Crippen LogP contribution in [0.3, 0.4) is 0 Å². The number of thiazole rings is 1. The highest BCUT2D eigenvalue weighted by Gasteiger charge is 2.32. The molecule has 1 atom stereocenters. The zero-order valence-electron chi connectivity index (χ0n) is 23.7. The third kappa shape index (κ3) is 6.05. The minimum atomic E-state index is -0.673. The van der Waals surface area contributed by atoms with Crippen molar-refractivity contribution in [1.29, 1.82) is 0 Å². The molecule has 0 fully saturated rings. The number of nitrogens with zero attached hydrogens (tertiary/aromatic N) is 2. The van der Waals surface area contributed by atoms with Gasteiger partial charge in [-0.15, -0.1) is 0 Å². The predicted molar refractivity (Wildman–Crippen MR) is 169 cm³/mol. The number of allylic oxidation sites excluding steroid dienone is 1. The lowest BCUT2D eigenvalue weighted by Crippen LogP contribution is -2.40. The molecule has 1 amide bonds. The highest BCUT2D eigenvalue weighted by atomic mass is 32.1. The molecule has 0 spiro atoms. The molecular weight excluding hydrogens is 558 g/mol. The van der Waals surface area contributed by atoms with E-state index in [1.165, 1.54) is 11.3 Å². The second kappa shape index (κ2) is 12.3. The second-order valence-corrected chi connectivity index (χ2v) is 11.0. The summed E-state index contributed by atoms with van der Waals surface area (Å²) in [7, 11) is 1.60. The number of anilines is 1. The molecular formula is C35H29N3O4S. The molecule has 0 saturated heterocycles. The maximum absolute atomic E-state index is 14.0. The molecule has 0 saturated carbocycles. The highest BCUT2D eigenvalue weighted by molar-refractivity contribution is 7.07. The molecule has 0 radical (unpaired) electrons. The molecule has 5 aromatic rings. The van der Waals surface area contributed by atoms with Gasteiger partial charge in [-0.25, -0.2) is 4.99 Å². The Balaban J connectivity index is 1.39. The van der Waals surface area contributed by atoms with Crippen LogP contribution in [0.25, 0.3) is 6.08 Å². The van der Waals surface area contributed by atoms with Crippen molar-refractivity contribution in [3.63, 3.8) is 0 Å². The van der Waals surface area contributed by atoms with Crippen LogP contribution in [0.15, 0.2) is 130 Å². The fourth-order valence-corrected chi connectivity index (χ4v) is 6.07. The first-order valence-corrected chi connectivity index (χ1v) is 14.6. The van der Waals surface area contributed by atoms with E-state index in [4.69, 9.17) is 14.5 Å². The van der Waals surface area contributed by atoms with Crippen molar-refractivity contribution in [2.45, 2.75) is 19.6 Å². The zero-order valence-corrected chi connectivity index (χ0v) is 24.5. The zero-order chi connectivity index (χ0) is 29.8. The van der Waals surface area contributed by atoms with E-state index >= 15 is 0 Å². The fourth-order valence-electron chi connectivity index (χ4n) is 5.02. The summed E-state index contributed by atoms with van der Waals surface area (Å²) in [4.78, 5) is 33.0. The quantitative estimate of drug-likeness (QED) is 0.261. The summed E-state index contributed by atoms with van der Waals surface area (Å²) in [5, 5.41) is 2.98. The Hall–Kier alpha value is -5.21. The van der Waals surface area contributed by atoms with Crippen molar-refractivity contribution in [1.82, 2.24) is 4.57 Å². The Bertz CT molecular complexity index is 1980. The number of ether oxygens (including phenoxy) is 2. The normalized spacial score (nSPS) is 14.6. The molecule has 8 heteroatoms. The van der Waals surface area contributed by atoms with Gasteiger partial charge in [0.05, 0.1) is 29.0 Å². The van der Waals surface area contributed by atoms with E-state index < -0.39 is 6.04 Å². The minimum absolute atomic E-state index is 0.224. The third-order valence-corrected chi connectivity index (χ3v) is 8.12. The van der Waals surface area contributed by atoms with Crippen LogP contribution in [-0.4, -0.2) is 17.6 Å². The highest BCUT2D eigenvalue weighted by Crippen LogP contribution is 2.31. The number of hydrogen-bond acceptors (Lipinski definition) is 6. The second-order valence-electron chi connectivity index (χ2n) is 10.0. The lowest BCUT2D eigenvalue weighted by Gasteiger charge is -2.25. The van der Waals surface area contributed by atoms with Gasteiger partial charge in [-0.1, -0.05) is 84.1 Å². The van der Waals surface area contributed by atoms with Gasteiger partial charge < -0.3 is 14.8 Å². The van der Waals surface area contributed by atoms with Crippen molar-refractivity contribution in [3.8, 4) is 11.5 Å². The smallest absolute Gasteiger partial charge is 0.271 e. The first kappa shape index (κ1) is 27.9. The maximum atomic E-state index is 14.0. The third-order valence-electron chi connectivity index (χ3n) is 7.13. The number of carbonyl (C=O) groups excluding carboxylic acids is 1. The number of benzene rings is 4. The predicted octanol–water partition coefficient (Wildman–Crippen LogP) is 5.46. The molecule has 214 valence electrons. The van der Waals surface area contributed by atoms with Gasteiger partial charge >= 0.3 is 0 Å². The first-order valence-electron chi connectivity index (χ1n) is 13.8. The summed E-state index contributed by atoms with van der Waals surface area (Å²) in [5.41, 5.74) is 4.07. The average Bonchev–Trinajstić information content (AvgIpc) is 3.34. The molecule has 0 aliphatic carbocycles. The largest absolute Gasteiger partial charge is 0.497 e. The van der Waals surface area contributed by atoms with Crippen LogP contribution in [0.4, 0.5) is 5.69 Å². The summed E-state index contributed by atoms with van der Waals surface area (Å²) in [6.45, 7) is 2.25. The number of carbonyl (C=O) groups is 1. The number of amides is 1. The van der Waals surface area contributed by atoms with Gasteiger partial charge in [0, 0.05) is 5.69 Å². The molecule has 0 unspecified atom stereocenters. The van der Waals surface area contributed by atoms with Crippen LogP contribution in [0.5, 0.6) is 11.5 Å². The standard InChI is InChI=1S/C35H29N3O4S/c1-23-31(33(39)37-27-13-7-4-8-14-27)32(26-16-18-28(41-2)19-17-26)38-34(40)30(43-35(38)36-23)21-25-12-9-15-29(20-25)42-22-24-10-5-3-6-11-24/h3-21,32H,22H2,1-2H3,(H,37,39)/b30-21+/t32-/m1/s1. The van der Waals surface area contributed by atoms with E-state index in [1.807, 2.05) is 115 Å². The number of rotatable bonds is 8. The van der Waals surface area contributed by atoms with Gasteiger partial charge in [0.2, 0.25) is 0 Å². The van der Waals surface area contributed by atoms with Crippen LogP contribution in [0.2, 0.25) is 0 Å². The molecule has 1 aliphatic heterocycles. The summed E-state index contributed by atoms with van der Waals surface area (Å²) < 4.78 is 13.5. The minimum Gasteiger partial charge on any atom is -0.497 e. The molecule has 2 heterocycles. The van der Waals surface area contributed by atoms with Gasteiger partial charge in [-0.3, -0.25) is 14.2 Å². The number of hydrogen-bond donors (Lipinski definition) is 1. The van der Waals surface area contributed by atoms with Crippen molar-refractivity contribution in [2.24, 2.45) is 4.99 Å². The Morgan fingerprint density at radius 3 is 2.37 bits per heavy atom. The Labute approximate surface area is 252 Å². The number of methoxy groups -OCH3 is 1. The van der Waals surface area contributed by atoms with E-state index in [2.05, 4.69) is 5.32 Å². The maximum Gasteiger partial charge on any atom is 0.271 e. The van der Waals surface area contributed by atoms with Crippen LogP contribution >= 0.6 is 11.3 Å². The number of nitrogens with one attached hydrogen (secondary N) is 1. The van der Waals surface area contributed by atoms with Crippen molar-refractivity contribution in [3.05, 3.63) is 157 Å². The van der Waals surface area contributed by atoms with Gasteiger partial charge in [0.1, 0.15) is 18.1 Å². The van der Waals surface area contributed by atoms with Crippen molar-refractivity contribution >= 4 is 29.0 Å². The Morgan fingerprint density at radius 1 is 0.930 bits per heavy atom. The van der Waals surface area contributed by atoms with Gasteiger partial charge in [-0.2, -0.15) is 0 Å². The first-order chi connectivity index (χ1) is 21.0. The molecule has 7 nitrogen and oxygen atoms in total. The molecule has 1 N–H and O–H groups in total. The van der Waals surface area contributed by atoms with Gasteiger partial charge in [-0.05, 0) is 66.1 Å². The Kier molecular flexibility index (Phi) is 8.02. The Morgan fingerprint density at radius 2 is 1.65 bits per heavy atom. The van der Waals surface area contributed by atoms with E-state index in [-0.39, 0.29) is 11.5 Å². The molecule has 1 aliphatic rings. The van der Waals surface area contributed by atoms with E-state index in [0.29, 0.717) is 44.4 Å². The molecule has 4 aromatic carbocycles.